The molecule has 0 saturated carbocycles. The van der Waals surface area contributed by atoms with Crippen molar-refractivity contribution in [2.24, 2.45) is 0 Å². The monoisotopic (exact) mass is 363 g/mol. The molecule has 0 radical (unpaired) electrons. The van der Waals surface area contributed by atoms with Crippen LogP contribution < -0.4 is 10.6 Å². The number of nitrogens with zero attached hydrogens (tertiary/aromatic N) is 1. The maximum Gasteiger partial charge on any atom is 0.291 e. The van der Waals surface area contributed by atoms with E-state index in [9.17, 15) is 9.59 Å². The lowest BCUT2D eigenvalue weighted by molar-refractivity contribution is 0.0998. The van der Waals surface area contributed by atoms with Gasteiger partial charge in [0.1, 0.15) is 5.58 Å². The fourth-order valence-corrected chi connectivity index (χ4v) is 3.04. The molecule has 0 fully saturated rings. The van der Waals surface area contributed by atoms with Crippen molar-refractivity contribution in [2.45, 2.75) is 0 Å². The molecule has 2 aromatic heterocycles. The smallest absolute Gasteiger partial charge is 0.291 e. The first kappa shape index (κ1) is 16.0. The maximum atomic E-state index is 12.5. The van der Waals surface area contributed by atoms with Crippen LogP contribution >= 0.6 is 11.3 Å². The van der Waals surface area contributed by atoms with Crippen molar-refractivity contribution < 1.29 is 14.0 Å². The molecule has 26 heavy (non-hydrogen) atoms. The van der Waals surface area contributed by atoms with Gasteiger partial charge in [0.05, 0.1) is 11.3 Å². The van der Waals surface area contributed by atoms with E-state index >= 15 is 0 Å². The summed E-state index contributed by atoms with van der Waals surface area (Å²) in [6, 6.07) is 15.8. The first-order chi connectivity index (χ1) is 12.7. The molecule has 2 N–H and O–H groups in total. The van der Waals surface area contributed by atoms with Crippen molar-refractivity contribution in [3.63, 3.8) is 0 Å². The predicted molar refractivity (Wildman–Crippen MR) is 101 cm³/mol. The molecule has 4 rings (SSSR count). The highest BCUT2D eigenvalue weighted by Crippen LogP contribution is 2.22. The molecule has 128 valence electrons. The van der Waals surface area contributed by atoms with Gasteiger partial charge in [0, 0.05) is 17.0 Å². The average molecular weight is 363 g/mol. The zero-order valence-electron chi connectivity index (χ0n) is 13.4. The van der Waals surface area contributed by atoms with Gasteiger partial charge < -0.3 is 9.73 Å². The number of rotatable bonds is 4. The van der Waals surface area contributed by atoms with Crippen LogP contribution in [0.1, 0.15) is 20.9 Å². The summed E-state index contributed by atoms with van der Waals surface area (Å²) in [5, 5.41) is 8.55. The normalized spacial score (nSPS) is 10.6. The highest BCUT2D eigenvalue weighted by molar-refractivity contribution is 7.13. The number of carbonyl (C=O) groups is 2. The number of hydrogen-bond acceptors (Lipinski definition) is 5. The molecule has 0 unspecified atom stereocenters. The quantitative estimate of drug-likeness (QED) is 0.563. The van der Waals surface area contributed by atoms with Crippen LogP contribution in [0.15, 0.2) is 70.6 Å². The van der Waals surface area contributed by atoms with E-state index in [4.69, 9.17) is 4.42 Å². The van der Waals surface area contributed by atoms with E-state index < -0.39 is 5.91 Å². The van der Waals surface area contributed by atoms with Gasteiger partial charge in [0.2, 0.25) is 0 Å². The largest absolute Gasteiger partial charge is 0.451 e. The number of hydrogen-bond donors (Lipinski definition) is 2. The zero-order valence-corrected chi connectivity index (χ0v) is 14.2. The van der Waals surface area contributed by atoms with Crippen LogP contribution in [0.3, 0.4) is 0 Å². The van der Waals surface area contributed by atoms with E-state index in [2.05, 4.69) is 15.6 Å². The fraction of sp³-hybridized carbons (Fsp3) is 0. The summed E-state index contributed by atoms with van der Waals surface area (Å²) >= 11 is 1.32. The second-order valence-electron chi connectivity index (χ2n) is 5.44. The summed E-state index contributed by atoms with van der Waals surface area (Å²) in [6.07, 6.45) is 1.61. The van der Waals surface area contributed by atoms with Gasteiger partial charge in [-0.2, -0.15) is 0 Å². The Morgan fingerprint density at radius 2 is 1.77 bits per heavy atom. The number of furan rings is 1. The Kier molecular flexibility index (Phi) is 4.20. The number of benzene rings is 2. The summed E-state index contributed by atoms with van der Waals surface area (Å²) in [4.78, 5) is 29.0. The van der Waals surface area contributed by atoms with Gasteiger partial charge in [0.25, 0.3) is 11.8 Å². The third-order valence-corrected chi connectivity index (χ3v) is 4.41. The number of fused-ring (bicyclic) bond motifs is 1. The lowest BCUT2D eigenvalue weighted by Crippen LogP contribution is -2.17. The summed E-state index contributed by atoms with van der Waals surface area (Å²) in [7, 11) is 0. The number of anilines is 2. The lowest BCUT2D eigenvalue weighted by Gasteiger charge is -2.09. The van der Waals surface area contributed by atoms with Crippen LogP contribution in [0.25, 0.3) is 11.0 Å². The third kappa shape index (κ3) is 3.20. The molecule has 7 heteroatoms. The summed E-state index contributed by atoms with van der Waals surface area (Å²) in [5.41, 5.74) is 1.37. The molecule has 2 amide bonds. The molecule has 0 aliphatic carbocycles. The highest BCUT2D eigenvalue weighted by Gasteiger charge is 2.17. The Balaban J connectivity index is 1.58. The van der Waals surface area contributed by atoms with E-state index in [1.165, 1.54) is 11.3 Å². The summed E-state index contributed by atoms with van der Waals surface area (Å²) < 4.78 is 5.57. The molecule has 0 bridgehead atoms. The molecule has 0 spiro atoms. The van der Waals surface area contributed by atoms with Gasteiger partial charge in [-0.3, -0.25) is 14.9 Å². The van der Waals surface area contributed by atoms with E-state index in [1.54, 1.807) is 48.0 Å². The second-order valence-corrected chi connectivity index (χ2v) is 6.33. The maximum absolute atomic E-state index is 12.5. The molecule has 6 nitrogen and oxygen atoms in total. The first-order valence-corrected chi connectivity index (χ1v) is 8.68. The van der Waals surface area contributed by atoms with Crippen LogP contribution in [0.2, 0.25) is 0 Å². The van der Waals surface area contributed by atoms with Gasteiger partial charge >= 0.3 is 0 Å². The van der Waals surface area contributed by atoms with Gasteiger partial charge in [-0.25, -0.2) is 4.98 Å². The summed E-state index contributed by atoms with van der Waals surface area (Å²) in [5.74, 6) is -0.586. The molecule has 0 atom stereocenters. The minimum atomic E-state index is -0.421. The lowest BCUT2D eigenvalue weighted by atomic mass is 10.1. The minimum absolute atomic E-state index is 0.182. The number of thiazole rings is 1. The Hall–Kier alpha value is -3.45. The second kappa shape index (κ2) is 6.81. The number of carbonyl (C=O) groups excluding carboxylic acids is 2. The average Bonchev–Trinajstić information content (AvgIpc) is 3.31. The van der Waals surface area contributed by atoms with Crippen molar-refractivity contribution in [1.29, 1.82) is 0 Å². The highest BCUT2D eigenvalue weighted by atomic mass is 32.1. The minimum Gasteiger partial charge on any atom is -0.451 e. The zero-order chi connectivity index (χ0) is 17.9. The molecule has 0 aliphatic rings. The Bertz CT molecular complexity index is 1050. The number of nitrogens with one attached hydrogen (secondary N) is 2. The van der Waals surface area contributed by atoms with E-state index in [1.807, 2.05) is 18.2 Å². The fourth-order valence-electron chi connectivity index (χ4n) is 2.52. The number of para-hydroxylation sites is 2. The van der Waals surface area contributed by atoms with Gasteiger partial charge in [-0.1, -0.05) is 30.3 Å². The molecular weight excluding hydrogens is 350 g/mol. The number of aromatic nitrogens is 1. The molecule has 0 aliphatic heterocycles. The topological polar surface area (TPSA) is 84.2 Å². The third-order valence-electron chi connectivity index (χ3n) is 3.72. The van der Waals surface area contributed by atoms with Crippen LogP contribution in [0.5, 0.6) is 0 Å². The molecule has 4 aromatic rings. The SMILES string of the molecule is O=C(Nc1ccccc1C(=O)Nc1nccs1)c1cc2ccccc2o1. The summed E-state index contributed by atoms with van der Waals surface area (Å²) in [6.45, 7) is 0. The van der Waals surface area contributed by atoms with Crippen LogP contribution in [-0.4, -0.2) is 16.8 Å². The van der Waals surface area contributed by atoms with Gasteiger partial charge in [0.15, 0.2) is 10.9 Å². The predicted octanol–water partition coefficient (Wildman–Crippen LogP) is 4.39. The van der Waals surface area contributed by atoms with Crippen molar-refractivity contribution in [1.82, 2.24) is 4.98 Å². The van der Waals surface area contributed by atoms with Crippen molar-refractivity contribution in [3.8, 4) is 0 Å². The van der Waals surface area contributed by atoms with Gasteiger partial charge in [-0.15, -0.1) is 11.3 Å². The standard InChI is InChI=1S/C19H13N3O3S/c23-17(22-19-20-9-10-26-19)13-6-2-3-7-14(13)21-18(24)16-11-12-5-1-4-8-15(12)25-16/h1-11H,(H,21,24)(H,20,22,23). The molecule has 0 saturated heterocycles. The van der Waals surface area contributed by atoms with Crippen LogP contribution in [-0.2, 0) is 0 Å². The van der Waals surface area contributed by atoms with Crippen LogP contribution in [0, 0.1) is 0 Å². The molecular formula is C19H13N3O3S. The Morgan fingerprint density at radius 1 is 0.962 bits per heavy atom. The number of amides is 2. The van der Waals surface area contributed by atoms with Gasteiger partial charge in [-0.05, 0) is 24.3 Å². The molecule has 2 heterocycles. The van der Waals surface area contributed by atoms with E-state index in [-0.39, 0.29) is 11.7 Å². The molecule has 2 aromatic carbocycles. The Labute approximate surface area is 152 Å². The van der Waals surface area contributed by atoms with Crippen molar-refractivity contribution in [2.75, 3.05) is 10.6 Å². The Morgan fingerprint density at radius 3 is 2.58 bits per heavy atom. The van der Waals surface area contributed by atoms with E-state index in [0.29, 0.717) is 22.0 Å². The van der Waals surface area contributed by atoms with Crippen molar-refractivity contribution >= 4 is 44.9 Å². The first-order valence-electron chi connectivity index (χ1n) is 7.80. The van der Waals surface area contributed by atoms with Crippen LogP contribution in [0.4, 0.5) is 10.8 Å². The van der Waals surface area contributed by atoms with Crippen molar-refractivity contribution in [3.05, 3.63) is 77.5 Å². The van der Waals surface area contributed by atoms with E-state index in [0.717, 1.165) is 5.39 Å².